The summed E-state index contributed by atoms with van der Waals surface area (Å²) in [5.74, 6) is -0.142. The van der Waals surface area contributed by atoms with E-state index in [0.717, 1.165) is 5.56 Å². The molecule has 73 valence electrons. The van der Waals surface area contributed by atoms with Crippen LogP contribution in [-0.2, 0) is 16.0 Å². The summed E-state index contributed by atoms with van der Waals surface area (Å²) in [6.07, 6.45) is 2.25. The van der Waals surface area contributed by atoms with E-state index in [4.69, 9.17) is 0 Å². The van der Waals surface area contributed by atoms with Crippen molar-refractivity contribution in [2.75, 3.05) is 0 Å². The second kappa shape index (κ2) is 4.18. The predicted molar refractivity (Wildman–Crippen MR) is 54.6 cm³/mol. The Kier molecular flexibility index (Phi) is 3.18. The van der Waals surface area contributed by atoms with Crippen LogP contribution in [0.4, 0.5) is 0 Å². The summed E-state index contributed by atoms with van der Waals surface area (Å²) in [5.41, 5.74) is -0.0185. The minimum Gasteiger partial charge on any atom is -0.299 e. The molecule has 0 saturated heterocycles. The maximum atomic E-state index is 11.2. The molecule has 14 heavy (non-hydrogen) atoms. The summed E-state index contributed by atoms with van der Waals surface area (Å²) in [6.45, 7) is 3.04. The van der Waals surface area contributed by atoms with Crippen molar-refractivity contribution in [3.8, 4) is 0 Å². The molecule has 1 atom stereocenters. The molecule has 1 radical (unpaired) electrons. The Bertz CT molecular complexity index is 329. The molecule has 0 heterocycles. The van der Waals surface area contributed by atoms with Crippen LogP contribution < -0.4 is 0 Å². The van der Waals surface area contributed by atoms with Gasteiger partial charge in [0.05, 0.1) is 5.41 Å². The highest BCUT2D eigenvalue weighted by Gasteiger charge is 2.30. The van der Waals surface area contributed by atoms with Crippen LogP contribution in [0.15, 0.2) is 30.3 Å². The smallest absolute Gasteiger partial charge is 0.212 e. The number of carbonyl (C=O) groups excluding carboxylic acids is 2. The van der Waals surface area contributed by atoms with Crippen molar-refractivity contribution in [3.63, 3.8) is 0 Å². The molecule has 2 nitrogen and oxygen atoms in total. The van der Waals surface area contributed by atoms with Gasteiger partial charge in [-0.1, -0.05) is 30.3 Å². The second-order valence-corrected chi connectivity index (χ2v) is 3.65. The zero-order chi connectivity index (χ0) is 10.6. The van der Waals surface area contributed by atoms with E-state index in [1.54, 1.807) is 6.92 Å². The molecule has 0 amide bonds. The molecule has 0 aliphatic rings. The molecule has 0 aliphatic heterocycles. The van der Waals surface area contributed by atoms with E-state index in [9.17, 15) is 9.59 Å². The topological polar surface area (TPSA) is 34.1 Å². The van der Waals surface area contributed by atoms with Gasteiger partial charge in [0.2, 0.25) is 6.29 Å². The molecule has 1 unspecified atom stereocenters. The van der Waals surface area contributed by atoms with Crippen molar-refractivity contribution in [2.45, 2.75) is 20.3 Å². The monoisotopic (exact) mass is 189 g/mol. The van der Waals surface area contributed by atoms with Crippen molar-refractivity contribution < 1.29 is 9.59 Å². The van der Waals surface area contributed by atoms with Crippen LogP contribution >= 0.6 is 0 Å². The Morgan fingerprint density at radius 2 is 1.93 bits per heavy atom. The van der Waals surface area contributed by atoms with Crippen molar-refractivity contribution in [2.24, 2.45) is 5.41 Å². The predicted octanol–water partition coefficient (Wildman–Crippen LogP) is 1.93. The number of Topliss-reactive ketones (excluding diaryl/α,β-unsaturated/α-hetero) is 1. The summed E-state index contributed by atoms with van der Waals surface area (Å²) in [7, 11) is 0. The first-order valence-electron chi connectivity index (χ1n) is 4.53. The lowest BCUT2D eigenvalue weighted by Gasteiger charge is -2.18. The zero-order valence-electron chi connectivity index (χ0n) is 8.41. The Balaban J connectivity index is 2.86. The molecule has 0 spiro atoms. The normalized spacial score (nSPS) is 14.4. The molecule has 2 heteroatoms. The van der Waals surface area contributed by atoms with E-state index in [-0.39, 0.29) is 5.78 Å². The van der Waals surface area contributed by atoms with Gasteiger partial charge in [-0.05, 0) is 25.8 Å². The standard InChI is InChI=1S/C12H13O2/c1-10(14)12(2,9-13)8-11-6-4-3-5-7-11/h3-7H,8H2,1-2H3. The molecule has 0 saturated carbocycles. The highest BCUT2D eigenvalue weighted by molar-refractivity contribution is 5.96. The number of hydrogen-bond donors (Lipinski definition) is 0. The highest BCUT2D eigenvalue weighted by atomic mass is 16.1. The minimum absolute atomic E-state index is 0.142. The van der Waals surface area contributed by atoms with Gasteiger partial charge < -0.3 is 0 Å². The van der Waals surface area contributed by atoms with Crippen LogP contribution in [0, 0.1) is 5.41 Å². The number of hydrogen-bond acceptors (Lipinski definition) is 2. The Labute approximate surface area is 83.9 Å². The maximum Gasteiger partial charge on any atom is 0.212 e. The second-order valence-electron chi connectivity index (χ2n) is 3.65. The van der Waals surface area contributed by atoms with Crippen LogP contribution in [0.3, 0.4) is 0 Å². The quantitative estimate of drug-likeness (QED) is 0.678. The van der Waals surface area contributed by atoms with Gasteiger partial charge in [0.1, 0.15) is 5.78 Å². The van der Waals surface area contributed by atoms with E-state index in [0.29, 0.717) is 6.42 Å². The van der Waals surface area contributed by atoms with E-state index >= 15 is 0 Å². The summed E-state index contributed by atoms with van der Waals surface area (Å²) < 4.78 is 0. The first-order valence-corrected chi connectivity index (χ1v) is 4.53. The third-order valence-electron chi connectivity index (χ3n) is 2.40. The maximum absolute atomic E-state index is 11.2. The summed E-state index contributed by atoms with van der Waals surface area (Å²) in [5, 5.41) is 0. The summed E-state index contributed by atoms with van der Waals surface area (Å²) in [6, 6.07) is 9.48. The van der Waals surface area contributed by atoms with E-state index in [2.05, 4.69) is 0 Å². The number of ketones is 1. The minimum atomic E-state index is -0.999. The molecule has 0 aliphatic carbocycles. The summed E-state index contributed by atoms with van der Waals surface area (Å²) in [4.78, 5) is 22.0. The van der Waals surface area contributed by atoms with Gasteiger partial charge in [0.25, 0.3) is 0 Å². The van der Waals surface area contributed by atoms with E-state index in [1.807, 2.05) is 36.6 Å². The first kappa shape index (κ1) is 10.6. The van der Waals surface area contributed by atoms with Gasteiger partial charge in [0.15, 0.2) is 0 Å². The lowest BCUT2D eigenvalue weighted by atomic mass is 9.82. The lowest BCUT2D eigenvalue weighted by molar-refractivity contribution is -0.122. The van der Waals surface area contributed by atoms with Gasteiger partial charge in [-0.3, -0.25) is 9.59 Å². The van der Waals surface area contributed by atoms with Gasteiger partial charge in [-0.2, -0.15) is 0 Å². The summed E-state index contributed by atoms with van der Waals surface area (Å²) >= 11 is 0. The first-order chi connectivity index (χ1) is 6.58. The Hall–Kier alpha value is -1.44. The van der Waals surface area contributed by atoms with Crippen molar-refractivity contribution in [3.05, 3.63) is 35.9 Å². The van der Waals surface area contributed by atoms with Gasteiger partial charge in [0, 0.05) is 0 Å². The van der Waals surface area contributed by atoms with Gasteiger partial charge >= 0.3 is 0 Å². The zero-order valence-corrected chi connectivity index (χ0v) is 8.41. The Morgan fingerprint density at radius 1 is 1.36 bits per heavy atom. The van der Waals surface area contributed by atoms with Crippen molar-refractivity contribution in [1.82, 2.24) is 0 Å². The average Bonchev–Trinajstić information content (AvgIpc) is 2.19. The number of benzene rings is 1. The Morgan fingerprint density at radius 3 is 2.36 bits per heavy atom. The average molecular weight is 189 g/mol. The lowest BCUT2D eigenvalue weighted by Crippen LogP contribution is -2.29. The van der Waals surface area contributed by atoms with E-state index < -0.39 is 5.41 Å². The van der Waals surface area contributed by atoms with Crippen LogP contribution in [0.1, 0.15) is 19.4 Å². The van der Waals surface area contributed by atoms with Gasteiger partial charge in [-0.25, -0.2) is 0 Å². The fourth-order valence-corrected chi connectivity index (χ4v) is 1.24. The number of rotatable bonds is 4. The molecular formula is C12H13O2. The molecule has 1 aromatic carbocycles. The molecule has 1 aromatic rings. The highest BCUT2D eigenvalue weighted by Crippen LogP contribution is 2.20. The van der Waals surface area contributed by atoms with Crippen molar-refractivity contribution >= 4 is 12.1 Å². The number of carbonyl (C=O) groups is 1. The van der Waals surface area contributed by atoms with Crippen molar-refractivity contribution in [1.29, 1.82) is 0 Å². The third-order valence-corrected chi connectivity index (χ3v) is 2.40. The molecule has 0 bridgehead atoms. The third kappa shape index (κ3) is 2.28. The van der Waals surface area contributed by atoms with Crippen LogP contribution in [0.25, 0.3) is 0 Å². The van der Waals surface area contributed by atoms with Crippen LogP contribution in [0.2, 0.25) is 0 Å². The molecule has 0 aromatic heterocycles. The molecular weight excluding hydrogens is 176 g/mol. The fourth-order valence-electron chi connectivity index (χ4n) is 1.24. The van der Waals surface area contributed by atoms with Crippen LogP contribution in [-0.4, -0.2) is 12.1 Å². The van der Waals surface area contributed by atoms with Crippen LogP contribution in [0.5, 0.6) is 0 Å². The van der Waals surface area contributed by atoms with E-state index in [1.165, 1.54) is 6.92 Å². The molecule has 0 N–H and O–H groups in total. The fraction of sp³-hybridized carbons (Fsp3) is 0.333. The molecule has 1 rings (SSSR count). The largest absolute Gasteiger partial charge is 0.299 e. The SMILES string of the molecule is CC(=O)C(C)([C]=O)Cc1ccccc1. The molecule has 0 fully saturated rings. The van der Waals surface area contributed by atoms with Gasteiger partial charge in [-0.15, -0.1) is 0 Å².